The van der Waals surface area contributed by atoms with E-state index in [-0.39, 0.29) is 6.04 Å². The van der Waals surface area contributed by atoms with Gasteiger partial charge < -0.3 is 10.6 Å². The monoisotopic (exact) mass is 226 g/mol. The van der Waals surface area contributed by atoms with Gasteiger partial charge in [0.1, 0.15) is 5.67 Å². The van der Waals surface area contributed by atoms with Crippen LogP contribution in [0, 0.1) is 5.92 Å². The van der Waals surface area contributed by atoms with Crippen LogP contribution in [0.15, 0.2) is 0 Å². The quantitative estimate of drug-likeness (QED) is 0.714. The lowest BCUT2D eigenvalue weighted by Gasteiger charge is -2.43. The van der Waals surface area contributed by atoms with Crippen molar-refractivity contribution in [3.05, 3.63) is 0 Å². The van der Waals surface area contributed by atoms with Crippen molar-refractivity contribution in [2.24, 2.45) is 5.92 Å². The molecule has 3 fully saturated rings. The summed E-state index contributed by atoms with van der Waals surface area (Å²) in [5.74, 6) is 0.686. The average molecular weight is 226 g/mol. The van der Waals surface area contributed by atoms with E-state index >= 15 is 4.39 Å². The van der Waals surface area contributed by atoms with Crippen LogP contribution >= 0.6 is 0 Å². The van der Waals surface area contributed by atoms with Crippen LogP contribution in [-0.4, -0.2) is 30.3 Å². The van der Waals surface area contributed by atoms with Crippen LogP contribution in [-0.2, 0) is 0 Å². The van der Waals surface area contributed by atoms with E-state index < -0.39 is 5.67 Å². The van der Waals surface area contributed by atoms with E-state index in [1.165, 1.54) is 19.3 Å². The van der Waals surface area contributed by atoms with Crippen LogP contribution < -0.4 is 10.6 Å². The SMILES string of the molecule is CC1CCNC(C2(F)CC3CCC(C2)N3)C1. The van der Waals surface area contributed by atoms with Gasteiger partial charge in [-0.15, -0.1) is 0 Å². The Morgan fingerprint density at radius 3 is 2.44 bits per heavy atom. The summed E-state index contributed by atoms with van der Waals surface area (Å²) in [6.07, 6.45) is 6.05. The van der Waals surface area contributed by atoms with Crippen molar-refractivity contribution in [2.75, 3.05) is 6.54 Å². The second-order valence-corrected chi connectivity index (χ2v) is 6.22. The third kappa shape index (κ3) is 1.88. The van der Waals surface area contributed by atoms with E-state index in [2.05, 4.69) is 17.6 Å². The third-order valence-corrected chi connectivity index (χ3v) is 4.80. The fourth-order valence-electron chi connectivity index (χ4n) is 3.91. The molecule has 2 nitrogen and oxygen atoms in total. The Morgan fingerprint density at radius 1 is 1.12 bits per heavy atom. The van der Waals surface area contributed by atoms with Gasteiger partial charge in [-0.25, -0.2) is 4.39 Å². The fourth-order valence-corrected chi connectivity index (χ4v) is 3.91. The first-order valence-electron chi connectivity index (χ1n) is 6.84. The molecule has 3 aliphatic heterocycles. The van der Waals surface area contributed by atoms with E-state index in [4.69, 9.17) is 0 Å². The second-order valence-electron chi connectivity index (χ2n) is 6.22. The molecule has 2 bridgehead atoms. The summed E-state index contributed by atoms with van der Waals surface area (Å²) in [6.45, 7) is 3.26. The van der Waals surface area contributed by atoms with Crippen molar-refractivity contribution >= 4 is 0 Å². The molecule has 4 atom stereocenters. The molecular formula is C13H23FN2. The molecule has 0 amide bonds. The molecule has 0 aromatic carbocycles. The van der Waals surface area contributed by atoms with E-state index in [0.29, 0.717) is 18.0 Å². The minimum absolute atomic E-state index is 0.112. The van der Waals surface area contributed by atoms with Gasteiger partial charge in [-0.05, 0) is 51.0 Å². The highest BCUT2D eigenvalue weighted by Gasteiger charge is 2.49. The molecule has 0 radical (unpaired) electrons. The number of nitrogens with one attached hydrogen (secondary N) is 2. The first kappa shape index (κ1) is 11.0. The number of halogens is 1. The maximum Gasteiger partial charge on any atom is 0.129 e. The predicted molar refractivity (Wildman–Crippen MR) is 63.2 cm³/mol. The van der Waals surface area contributed by atoms with Crippen molar-refractivity contribution in [1.82, 2.24) is 10.6 Å². The standard InChI is InChI=1S/C13H23FN2/c1-9-4-5-15-12(6-9)13(14)7-10-2-3-11(8-13)16-10/h9-12,15-16H,2-8H2,1H3. The number of alkyl halides is 1. The molecule has 0 aromatic heterocycles. The van der Waals surface area contributed by atoms with E-state index in [0.717, 1.165) is 25.8 Å². The van der Waals surface area contributed by atoms with Crippen molar-refractivity contribution in [2.45, 2.75) is 69.2 Å². The summed E-state index contributed by atoms with van der Waals surface area (Å²) < 4.78 is 15.1. The van der Waals surface area contributed by atoms with Crippen molar-refractivity contribution in [1.29, 1.82) is 0 Å². The molecule has 3 aliphatic rings. The van der Waals surface area contributed by atoms with Gasteiger partial charge in [0.15, 0.2) is 0 Å². The second kappa shape index (κ2) is 3.95. The van der Waals surface area contributed by atoms with E-state index in [9.17, 15) is 0 Å². The maximum absolute atomic E-state index is 15.1. The lowest BCUT2D eigenvalue weighted by molar-refractivity contribution is 0.0276. The van der Waals surface area contributed by atoms with Gasteiger partial charge in [0.25, 0.3) is 0 Å². The highest BCUT2D eigenvalue weighted by molar-refractivity contribution is 5.06. The van der Waals surface area contributed by atoms with Crippen molar-refractivity contribution in [3.8, 4) is 0 Å². The van der Waals surface area contributed by atoms with Crippen LogP contribution in [0.4, 0.5) is 4.39 Å². The number of hydrogen-bond acceptors (Lipinski definition) is 2. The summed E-state index contributed by atoms with van der Waals surface area (Å²) in [5, 5.41) is 6.95. The third-order valence-electron chi connectivity index (χ3n) is 4.80. The van der Waals surface area contributed by atoms with Gasteiger partial charge in [-0.1, -0.05) is 6.92 Å². The van der Waals surface area contributed by atoms with Crippen LogP contribution in [0.25, 0.3) is 0 Å². The van der Waals surface area contributed by atoms with Gasteiger partial charge in [0.2, 0.25) is 0 Å². The van der Waals surface area contributed by atoms with Gasteiger partial charge in [-0.2, -0.15) is 0 Å². The fraction of sp³-hybridized carbons (Fsp3) is 1.00. The van der Waals surface area contributed by atoms with Gasteiger partial charge in [-0.3, -0.25) is 0 Å². The molecule has 0 saturated carbocycles. The van der Waals surface area contributed by atoms with Crippen molar-refractivity contribution in [3.63, 3.8) is 0 Å². The molecule has 3 heteroatoms. The number of hydrogen-bond donors (Lipinski definition) is 2. The number of piperidine rings is 2. The predicted octanol–water partition coefficient (Wildman–Crippen LogP) is 2.00. The van der Waals surface area contributed by atoms with Crippen LogP contribution in [0.1, 0.15) is 45.4 Å². The topological polar surface area (TPSA) is 24.1 Å². The highest BCUT2D eigenvalue weighted by atomic mass is 19.1. The smallest absolute Gasteiger partial charge is 0.129 e. The minimum atomic E-state index is -0.939. The molecule has 0 aliphatic carbocycles. The molecular weight excluding hydrogens is 203 g/mol. The lowest BCUT2D eigenvalue weighted by Crippen LogP contribution is -2.58. The Hall–Kier alpha value is -0.150. The van der Waals surface area contributed by atoms with E-state index in [1.54, 1.807) is 0 Å². The Balaban J connectivity index is 1.72. The first-order valence-corrected chi connectivity index (χ1v) is 6.84. The zero-order chi connectivity index (χ0) is 11.2. The molecule has 2 N–H and O–H groups in total. The van der Waals surface area contributed by atoms with Gasteiger partial charge in [0, 0.05) is 18.1 Å². The molecule has 0 spiro atoms. The van der Waals surface area contributed by atoms with E-state index in [1.807, 2.05) is 0 Å². The van der Waals surface area contributed by atoms with Gasteiger partial charge >= 0.3 is 0 Å². The first-order chi connectivity index (χ1) is 7.66. The zero-order valence-electron chi connectivity index (χ0n) is 10.1. The minimum Gasteiger partial charge on any atom is -0.311 e. The Kier molecular flexibility index (Phi) is 2.71. The summed E-state index contributed by atoms with van der Waals surface area (Å²) in [6, 6.07) is 1.01. The van der Waals surface area contributed by atoms with Gasteiger partial charge in [0.05, 0.1) is 0 Å². The normalized spacial score (nSPS) is 52.9. The molecule has 4 unspecified atom stereocenters. The summed E-state index contributed by atoms with van der Waals surface area (Å²) in [7, 11) is 0. The molecule has 16 heavy (non-hydrogen) atoms. The average Bonchev–Trinajstić information content (AvgIpc) is 2.59. The molecule has 92 valence electrons. The number of fused-ring (bicyclic) bond motifs is 2. The Bertz CT molecular complexity index is 257. The zero-order valence-corrected chi connectivity index (χ0v) is 10.1. The summed E-state index contributed by atoms with van der Waals surface area (Å²) in [5.41, 5.74) is -0.939. The number of rotatable bonds is 1. The lowest BCUT2D eigenvalue weighted by atomic mass is 9.77. The largest absolute Gasteiger partial charge is 0.311 e. The van der Waals surface area contributed by atoms with Crippen LogP contribution in [0.2, 0.25) is 0 Å². The molecule has 3 rings (SSSR count). The summed E-state index contributed by atoms with van der Waals surface area (Å²) in [4.78, 5) is 0. The molecule has 3 saturated heterocycles. The summed E-state index contributed by atoms with van der Waals surface area (Å²) >= 11 is 0. The molecule has 3 heterocycles. The Labute approximate surface area is 97.4 Å². The Morgan fingerprint density at radius 2 is 1.81 bits per heavy atom. The molecule has 0 aromatic rings. The highest BCUT2D eigenvalue weighted by Crippen LogP contribution is 2.41. The maximum atomic E-state index is 15.1. The van der Waals surface area contributed by atoms with Crippen LogP contribution in [0.3, 0.4) is 0 Å². The van der Waals surface area contributed by atoms with Crippen LogP contribution in [0.5, 0.6) is 0 Å². The van der Waals surface area contributed by atoms with Crippen molar-refractivity contribution < 1.29 is 4.39 Å².